The van der Waals surface area contributed by atoms with Crippen LogP contribution < -0.4 is 4.90 Å². The van der Waals surface area contributed by atoms with Crippen molar-refractivity contribution < 1.29 is 24.0 Å². The number of imide groups is 1. The van der Waals surface area contributed by atoms with Crippen LogP contribution in [-0.2, 0) is 25.7 Å². The van der Waals surface area contributed by atoms with Crippen molar-refractivity contribution in [3.8, 4) is 0 Å². The van der Waals surface area contributed by atoms with Crippen LogP contribution in [0.3, 0.4) is 0 Å². The molecule has 0 unspecified atom stereocenters. The largest absolute Gasteiger partial charge is 0.434 e. The van der Waals surface area contributed by atoms with Crippen LogP contribution in [0.25, 0.3) is 0 Å². The fourth-order valence-electron chi connectivity index (χ4n) is 3.89. The third-order valence-corrected chi connectivity index (χ3v) is 5.83. The standard InChI is InChI=1S/C20H25ClN4O5/c21-16-2-1-15(17(13-16)23-9-11-29-12-10-23)14-22-5-7-24(8-6-22)20(28)30-25-18(26)3-4-19(25)27/h1-2,13H,3-12,14H2. The number of halogens is 1. The number of carbonyl (C=O) groups excluding carboxylic acids is 3. The summed E-state index contributed by atoms with van der Waals surface area (Å²) in [6, 6.07) is 5.96. The SMILES string of the molecule is O=C(ON1C(=O)CCC1=O)N1CCN(Cc2ccc(Cl)cc2N2CCOCC2)CC1. The number of nitrogens with zero attached hydrogens (tertiary/aromatic N) is 4. The third kappa shape index (κ3) is 4.69. The zero-order valence-corrected chi connectivity index (χ0v) is 17.5. The molecule has 0 saturated carbocycles. The van der Waals surface area contributed by atoms with Crippen molar-refractivity contribution in [3.63, 3.8) is 0 Å². The monoisotopic (exact) mass is 436 g/mol. The van der Waals surface area contributed by atoms with Gasteiger partial charge in [-0.2, -0.15) is 0 Å². The van der Waals surface area contributed by atoms with E-state index >= 15 is 0 Å². The van der Waals surface area contributed by atoms with Crippen molar-refractivity contribution in [3.05, 3.63) is 28.8 Å². The molecule has 3 amide bonds. The normalized spacial score (nSPS) is 20.8. The number of hydrogen-bond donors (Lipinski definition) is 0. The van der Waals surface area contributed by atoms with Crippen LogP contribution in [0.1, 0.15) is 18.4 Å². The molecule has 3 heterocycles. The summed E-state index contributed by atoms with van der Waals surface area (Å²) in [4.78, 5) is 46.7. The number of amides is 3. The van der Waals surface area contributed by atoms with E-state index in [9.17, 15) is 14.4 Å². The van der Waals surface area contributed by atoms with Crippen LogP contribution in [0.15, 0.2) is 18.2 Å². The predicted octanol–water partition coefficient (Wildman–Crippen LogP) is 1.49. The Morgan fingerprint density at radius 2 is 1.67 bits per heavy atom. The fraction of sp³-hybridized carbons (Fsp3) is 0.550. The maximum absolute atomic E-state index is 12.3. The van der Waals surface area contributed by atoms with Crippen molar-refractivity contribution in [2.75, 3.05) is 57.4 Å². The molecule has 0 aromatic heterocycles. The summed E-state index contributed by atoms with van der Waals surface area (Å²) >= 11 is 6.24. The highest BCUT2D eigenvalue weighted by molar-refractivity contribution is 6.30. The number of ether oxygens (including phenoxy) is 1. The molecule has 3 saturated heterocycles. The molecule has 0 N–H and O–H groups in total. The zero-order valence-electron chi connectivity index (χ0n) is 16.7. The Hall–Kier alpha value is -2.36. The predicted molar refractivity (Wildman–Crippen MR) is 109 cm³/mol. The summed E-state index contributed by atoms with van der Waals surface area (Å²) < 4.78 is 5.46. The van der Waals surface area contributed by atoms with Crippen molar-refractivity contribution in [2.24, 2.45) is 0 Å². The summed E-state index contributed by atoms with van der Waals surface area (Å²) in [5.74, 6) is -0.935. The van der Waals surface area contributed by atoms with Crippen molar-refractivity contribution >= 4 is 35.2 Å². The van der Waals surface area contributed by atoms with E-state index in [1.54, 1.807) is 0 Å². The highest BCUT2D eigenvalue weighted by Gasteiger charge is 2.35. The zero-order chi connectivity index (χ0) is 21.1. The molecule has 0 bridgehead atoms. The number of benzene rings is 1. The number of piperazine rings is 1. The number of rotatable bonds is 4. The molecule has 10 heteroatoms. The van der Waals surface area contributed by atoms with Crippen LogP contribution in [0.2, 0.25) is 5.02 Å². The Morgan fingerprint density at radius 1 is 1.00 bits per heavy atom. The van der Waals surface area contributed by atoms with E-state index in [2.05, 4.69) is 15.9 Å². The molecule has 1 aromatic carbocycles. The summed E-state index contributed by atoms with van der Waals surface area (Å²) in [5.41, 5.74) is 2.31. The van der Waals surface area contributed by atoms with Crippen LogP contribution >= 0.6 is 11.6 Å². The molecule has 30 heavy (non-hydrogen) atoms. The van der Waals surface area contributed by atoms with Gasteiger partial charge in [0.15, 0.2) is 0 Å². The molecule has 4 rings (SSSR count). The molecule has 1 aromatic rings. The van der Waals surface area contributed by atoms with Gasteiger partial charge in [0.05, 0.1) is 13.2 Å². The molecular formula is C20H25ClN4O5. The highest BCUT2D eigenvalue weighted by Crippen LogP contribution is 2.27. The van der Waals surface area contributed by atoms with E-state index in [4.69, 9.17) is 21.2 Å². The first-order chi connectivity index (χ1) is 14.5. The minimum Gasteiger partial charge on any atom is -0.378 e. The highest BCUT2D eigenvalue weighted by atomic mass is 35.5. The van der Waals surface area contributed by atoms with Gasteiger partial charge in [-0.05, 0) is 17.7 Å². The topological polar surface area (TPSA) is 82.6 Å². The lowest BCUT2D eigenvalue weighted by atomic mass is 10.1. The van der Waals surface area contributed by atoms with E-state index in [-0.39, 0.29) is 12.8 Å². The van der Waals surface area contributed by atoms with Gasteiger partial charge in [0.25, 0.3) is 11.8 Å². The summed E-state index contributed by atoms with van der Waals surface area (Å²) in [5, 5.41) is 1.30. The van der Waals surface area contributed by atoms with Crippen LogP contribution in [0.5, 0.6) is 0 Å². The van der Waals surface area contributed by atoms with Gasteiger partial charge in [-0.15, -0.1) is 5.06 Å². The summed E-state index contributed by atoms with van der Waals surface area (Å²) in [6.45, 7) is 6.09. The van der Waals surface area contributed by atoms with Gasteiger partial charge < -0.3 is 19.4 Å². The molecule has 0 atom stereocenters. The second kappa shape index (κ2) is 9.20. The van der Waals surface area contributed by atoms with Crippen molar-refractivity contribution in [1.82, 2.24) is 14.9 Å². The van der Waals surface area contributed by atoms with Gasteiger partial charge in [0, 0.05) is 69.4 Å². The maximum Gasteiger partial charge on any atom is 0.434 e. The second-order valence-corrected chi connectivity index (χ2v) is 8.01. The van der Waals surface area contributed by atoms with E-state index < -0.39 is 17.9 Å². The number of carbonyl (C=O) groups is 3. The van der Waals surface area contributed by atoms with Gasteiger partial charge in [-0.25, -0.2) is 4.79 Å². The van der Waals surface area contributed by atoms with Gasteiger partial charge in [0.2, 0.25) is 0 Å². The van der Waals surface area contributed by atoms with E-state index in [0.29, 0.717) is 49.5 Å². The quantitative estimate of drug-likeness (QED) is 0.661. The molecular weight excluding hydrogens is 412 g/mol. The Kier molecular flexibility index (Phi) is 6.40. The molecule has 162 valence electrons. The summed E-state index contributed by atoms with van der Waals surface area (Å²) in [7, 11) is 0. The Bertz CT molecular complexity index is 805. The smallest absolute Gasteiger partial charge is 0.378 e. The van der Waals surface area contributed by atoms with E-state index in [1.807, 2.05) is 12.1 Å². The molecule has 3 fully saturated rings. The van der Waals surface area contributed by atoms with Gasteiger partial charge in [-0.3, -0.25) is 14.5 Å². The number of morpholine rings is 1. The Labute approximate surface area is 180 Å². The van der Waals surface area contributed by atoms with E-state index in [1.165, 1.54) is 10.5 Å². The first-order valence-corrected chi connectivity index (χ1v) is 10.6. The molecule has 9 nitrogen and oxygen atoms in total. The van der Waals surface area contributed by atoms with Crippen molar-refractivity contribution in [2.45, 2.75) is 19.4 Å². The fourth-order valence-corrected chi connectivity index (χ4v) is 4.06. The maximum atomic E-state index is 12.3. The van der Waals surface area contributed by atoms with Gasteiger partial charge >= 0.3 is 6.09 Å². The minimum atomic E-state index is -0.654. The Morgan fingerprint density at radius 3 is 2.33 bits per heavy atom. The van der Waals surface area contributed by atoms with Gasteiger partial charge in [-0.1, -0.05) is 17.7 Å². The van der Waals surface area contributed by atoms with Crippen LogP contribution in [0, 0.1) is 0 Å². The lowest BCUT2D eigenvalue weighted by molar-refractivity contribution is -0.174. The molecule has 0 aliphatic carbocycles. The molecule has 3 aliphatic rings. The Balaban J connectivity index is 1.33. The second-order valence-electron chi connectivity index (χ2n) is 7.57. The minimum absolute atomic E-state index is 0.0897. The average molecular weight is 437 g/mol. The van der Waals surface area contributed by atoms with Crippen molar-refractivity contribution in [1.29, 1.82) is 0 Å². The molecule has 3 aliphatic heterocycles. The summed E-state index contributed by atoms with van der Waals surface area (Å²) in [6.07, 6.45) is -0.474. The van der Waals surface area contributed by atoms with Crippen LogP contribution in [-0.4, -0.2) is 85.3 Å². The average Bonchev–Trinajstić information content (AvgIpc) is 3.08. The number of hydrogen-bond acceptors (Lipinski definition) is 7. The lowest BCUT2D eigenvalue weighted by Crippen LogP contribution is -2.50. The first kappa shape index (κ1) is 20.9. The number of hydroxylamine groups is 2. The molecule has 0 spiro atoms. The first-order valence-electron chi connectivity index (χ1n) is 10.2. The molecule has 0 radical (unpaired) electrons. The van der Waals surface area contributed by atoms with Gasteiger partial charge in [0.1, 0.15) is 0 Å². The van der Waals surface area contributed by atoms with E-state index in [0.717, 1.165) is 25.3 Å². The lowest BCUT2D eigenvalue weighted by Gasteiger charge is -2.36. The van der Waals surface area contributed by atoms with Crippen LogP contribution in [0.4, 0.5) is 10.5 Å². The third-order valence-electron chi connectivity index (χ3n) is 5.60. The number of anilines is 1.